The number of fused-ring (bicyclic) bond motifs is 1. The molecule has 2 N–H and O–H groups in total. The summed E-state index contributed by atoms with van der Waals surface area (Å²) in [6.07, 6.45) is 12.8. The van der Waals surface area contributed by atoms with Crippen LogP contribution in [-0.2, 0) is 0 Å². The molecule has 0 aromatic carbocycles. The van der Waals surface area contributed by atoms with Gasteiger partial charge in [-0.2, -0.15) is 9.61 Å². The first-order valence-corrected chi connectivity index (χ1v) is 10.9. The predicted octanol–water partition coefficient (Wildman–Crippen LogP) is 5.07. The van der Waals surface area contributed by atoms with Gasteiger partial charge >= 0.3 is 0 Å². The van der Waals surface area contributed by atoms with E-state index in [0.29, 0.717) is 24.9 Å². The van der Waals surface area contributed by atoms with Crippen molar-refractivity contribution in [1.29, 1.82) is 0 Å². The lowest BCUT2D eigenvalue weighted by molar-refractivity contribution is 0.325. The summed E-state index contributed by atoms with van der Waals surface area (Å²) >= 11 is 4.33. The van der Waals surface area contributed by atoms with Gasteiger partial charge in [0.05, 0.1) is 17.2 Å². The first-order chi connectivity index (χ1) is 13.2. The van der Waals surface area contributed by atoms with E-state index in [1.54, 1.807) is 10.5 Å². The summed E-state index contributed by atoms with van der Waals surface area (Å²) in [6.45, 7) is 3.72. The molecule has 144 valence electrons. The lowest BCUT2D eigenvalue weighted by atomic mass is 9.78. The molecule has 2 unspecified atom stereocenters. The highest BCUT2D eigenvalue weighted by molar-refractivity contribution is 9.10. The predicted molar refractivity (Wildman–Crippen MR) is 114 cm³/mol. The Hall–Kier alpha value is -1.51. The molecule has 0 amide bonds. The van der Waals surface area contributed by atoms with Crippen LogP contribution in [0.15, 0.2) is 40.7 Å². The van der Waals surface area contributed by atoms with Gasteiger partial charge in [0.15, 0.2) is 5.65 Å². The van der Waals surface area contributed by atoms with E-state index in [2.05, 4.69) is 45.4 Å². The number of halogens is 1. The topological polar surface area (TPSA) is 65.7 Å². The van der Waals surface area contributed by atoms with Crippen LogP contribution in [0.25, 0.3) is 5.65 Å². The van der Waals surface area contributed by atoms with Crippen LogP contribution < -0.4 is 5.32 Å². The van der Waals surface area contributed by atoms with E-state index >= 15 is 0 Å². The van der Waals surface area contributed by atoms with Gasteiger partial charge in [-0.3, -0.25) is 4.31 Å². The molecule has 1 fully saturated rings. The molecule has 4 rings (SSSR count). The highest BCUT2D eigenvalue weighted by atomic mass is 79.9. The van der Waals surface area contributed by atoms with Gasteiger partial charge < -0.3 is 9.87 Å². The molecular formula is C19H24BrN5OS. The first kappa shape index (κ1) is 18.8. The lowest BCUT2D eigenvalue weighted by Gasteiger charge is -2.28. The second-order valence-electron chi connectivity index (χ2n) is 7.34. The van der Waals surface area contributed by atoms with Gasteiger partial charge in [0, 0.05) is 30.4 Å². The maximum Gasteiger partial charge on any atom is 0.171 e. The van der Waals surface area contributed by atoms with E-state index in [4.69, 9.17) is 4.98 Å². The minimum Gasteiger partial charge on any atom is -0.366 e. The molecular weight excluding hydrogens is 426 g/mol. The molecule has 1 aliphatic heterocycles. The second-order valence-corrected chi connectivity index (χ2v) is 8.83. The van der Waals surface area contributed by atoms with E-state index in [1.165, 1.54) is 31.3 Å². The van der Waals surface area contributed by atoms with E-state index in [9.17, 15) is 4.55 Å². The molecule has 0 spiro atoms. The number of rotatable bonds is 5. The fraction of sp³-hybridized carbons (Fsp3) is 0.474. The van der Waals surface area contributed by atoms with Crippen LogP contribution >= 0.6 is 28.2 Å². The Morgan fingerprint density at radius 1 is 1.37 bits per heavy atom. The number of hydrogen-bond donors (Lipinski definition) is 2. The first-order valence-electron chi connectivity index (χ1n) is 9.38. The molecule has 2 aliphatic rings. The van der Waals surface area contributed by atoms with Crippen molar-refractivity contribution in [2.45, 2.75) is 38.5 Å². The Morgan fingerprint density at radius 2 is 2.22 bits per heavy atom. The molecule has 0 saturated heterocycles. The minimum atomic E-state index is 0.504. The number of hydrogen-bond acceptors (Lipinski definition) is 6. The van der Waals surface area contributed by atoms with Crippen molar-refractivity contribution in [3.63, 3.8) is 0 Å². The summed E-state index contributed by atoms with van der Waals surface area (Å²) in [7, 11) is 0. The Bertz CT molecular complexity index is 880. The Balaban J connectivity index is 1.61. The summed E-state index contributed by atoms with van der Waals surface area (Å²) in [4.78, 5) is 4.93. The molecule has 1 saturated carbocycles. The zero-order chi connectivity index (χ0) is 18.8. The highest BCUT2D eigenvalue weighted by Crippen LogP contribution is 2.38. The van der Waals surface area contributed by atoms with Gasteiger partial charge in [0.1, 0.15) is 18.0 Å². The Labute approximate surface area is 172 Å². The van der Waals surface area contributed by atoms with Gasteiger partial charge in [-0.1, -0.05) is 32.3 Å². The van der Waals surface area contributed by atoms with Crippen molar-refractivity contribution >= 4 is 39.6 Å². The van der Waals surface area contributed by atoms with Crippen LogP contribution in [0.3, 0.4) is 0 Å². The maximum absolute atomic E-state index is 9.26. The van der Waals surface area contributed by atoms with Crippen molar-refractivity contribution in [3.05, 3.63) is 46.4 Å². The van der Waals surface area contributed by atoms with Crippen molar-refractivity contribution in [2.75, 3.05) is 18.4 Å². The molecule has 0 radical (unpaired) electrons. The second kappa shape index (κ2) is 8.24. The van der Waals surface area contributed by atoms with Gasteiger partial charge in [-0.15, -0.1) is 0 Å². The van der Waals surface area contributed by atoms with Crippen LogP contribution in [0.2, 0.25) is 0 Å². The summed E-state index contributed by atoms with van der Waals surface area (Å²) in [5.74, 6) is 2.12. The summed E-state index contributed by atoms with van der Waals surface area (Å²) in [5, 5.41) is 8.00. The molecule has 27 heavy (non-hydrogen) atoms. The number of allylic oxidation sites excluding steroid dienone is 2. The molecule has 2 aromatic rings. The normalized spacial score (nSPS) is 22.9. The molecule has 8 heteroatoms. The Morgan fingerprint density at radius 3 is 3.04 bits per heavy atom. The number of aromatic nitrogens is 3. The molecule has 6 nitrogen and oxygen atoms in total. The van der Waals surface area contributed by atoms with E-state index in [1.807, 2.05) is 16.8 Å². The van der Waals surface area contributed by atoms with Gasteiger partial charge in [-0.05, 0) is 39.9 Å². The van der Waals surface area contributed by atoms with E-state index < -0.39 is 0 Å². The monoisotopic (exact) mass is 449 g/mol. The third kappa shape index (κ3) is 4.02. The Kier molecular flexibility index (Phi) is 5.75. The van der Waals surface area contributed by atoms with Crippen molar-refractivity contribution < 1.29 is 4.55 Å². The fourth-order valence-electron chi connectivity index (χ4n) is 3.98. The smallest absolute Gasteiger partial charge is 0.171 e. The van der Waals surface area contributed by atoms with Crippen LogP contribution in [0.4, 0.5) is 5.82 Å². The molecule has 0 bridgehead atoms. The van der Waals surface area contributed by atoms with Crippen molar-refractivity contribution in [1.82, 2.24) is 18.9 Å². The maximum atomic E-state index is 9.26. The standard InChI is InChI=1S/C19H24BrN5OS/c1-13-5-2-3-7-15(13)17-9-18(25-19(23-17)16(20)11-22-25)21-10-14-6-4-8-24(12-14)27-26/h4,6,8-9,11,13,15,21,26H,2-3,5,7,10,12H2,1H3. The average molecular weight is 450 g/mol. The lowest BCUT2D eigenvalue weighted by Crippen LogP contribution is -2.21. The van der Waals surface area contributed by atoms with Crippen molar-refractivity contribution in [3.8, 4) is 0 Å². The molecule has 1 aliphatic carbocycles. The largest absolute Gasteiger partial charge is 0.366 e. The van der Waals surface area contributed by atoms with E-state index in [0.717, 1.165) is 33.9 Å². The molecule has 2 aromatic heterocycles. The summed E-state index contributed by atoms with van der Waals surface area (Å²) in [6, 6.07) is 2.16. The van der Waals surface area contributed by atoms with Crippen LogP contribution in [0.1, 0.15) is 44.2 Å². The SMILES string of the molecule is CC1CCCCC1c1cc(NCC2=CC=CN(SO)C2)n2ncc(Br)c2n1. The zero-order valence-electron chi connectivity index (χ0n) is 15.3. The van der Waals surface area contributed by atoms with Crippen LogP contribution in [0, 0.1) is 5.92 Å². The van der Waals surface area contributed by atoms with Crippen LogP contribution in [-0.4, -0.2) is 36.5 Å². The molecule has 3 heterocycles. The highest BCUT2D eigenvalue weighted by Gasteiger charge is 2.25. The minimum absolute atomic E-state index is 0.504. The third-order valence-corrected chi connectivity index (χ3v) is 6.50. The summed E-state index contributed by atoms with van der Waals surface area (Å²) < 4.78 is 13.8. The van der Waals surface area contributed by atoms with Crippen LogP contribution in [0.5, 0.6) is 0 Å². The quantitative estimate of drug-likeness (QED) is 0.490. The number of nitrogens with one attached hydrogen (secondary N) is 1. The molecule has 2 atom stereocenters. The fourth-order valence-corrected chi connectivity index (χ4v) is 4.68. The van der Waals surface area contributed by atoms with Crippen molar-refractivity contribution in [2.24, 2.45) is 5.92 Å². The average Bonchev–Trinajstić information content (AvgIpc) is 3.07. The van der Waals surface area contributed by atoms with Gasteiger partial charge in [0.2, 0.25) is 0 Å². The number of anilines is 1. The van der Waals surface area contributed by atoms with E-state index in [-0.39, 0.29) is 0 Å². The third-order valence-electron chi connectivity index (χ3n) is 5.48. The number of nitrogens with zero attached hydrogens (tertiary/aromatic N) is 4. The van der Waals surface area contributed by atoms with Gasteiger partial charge in [0.25, 0.3) is 0 Å². The zero-order valence-corrected chi connectivity index (χ0v) is 17.7. The summed E-state index contributed by atoms with van der Waals surface area (Å²) in [5.41, 5.74) is 3.21. The van der Waals surface area contributed by atoms with Gasteiger partial charge in [-0.25, -0.2) is 4.98 Å².